The van der Waals surface area contributed by atoms with Crippen molar-refractivity contribution in [2.45, 2.75) is 72.6 Å². The first-order valence-corrected chi connectivity index (χ1v) is 14.9. The van der Waals surface area contributed by atoms with Gasteiger partial charge in [-0.25, -0.2) is 4.98 Å². The maximum absolute atomic E-state index is 5.29. The standard InChI is InChI=1S/C32H37IN4/c1-8-22-19(5)28-16-31-23(9-2)18(4)27(35-31)15-29-20(6)24(11-10-12-33)32(37-29)21(7)26-13-17(3)25(34-26)14-30(22)36-28/h9,13-16,20,24,35-36H,2,8,10-12H2,1,3-7H3/t20-,24-/m0/s1. The van der Waals surface area contributed by atoms with Crippen LogP contribution in [0.5, 0.6) is 0 Å². The van der Waals surface area contributed by atoms with Gasteiger partial charge in [0, 0.05) is 50.9 Å². The predicted octanol–water partition coefficient (Wildman–Crippen LogP) is 9.11. The van der Waals surface area contributed by atoms with Gasteiger partial charge < -0.3 is 9.97 Å². The van der Waals surface area contributed by atoms with Crippen molar-refractivity contribution in [3.8, 4) is 0 Å². The molecule has 5 heterocycles. The Morgan fingerprint density at radius 1 is 0.946 bits per heavy atom. The Balaban J connectivity index is 1.94. The molecule has 0 aliphatic carbocycles. The monoisotopic (exact) mass is 604 g/mol. The molecule has 37 heavy (non-hydrogen) atoms. The summed E-state index contributed by atoms with van der Waals surface area (Å²) in [7, 11) is 0. The Morgan fingerprint density at radius 2 is 1.68 bits per heavy atom. The molecule has 5 heteroatoms. The average molecular weight is 605 g/mol. The zero-order valence-electron chi connectivity index (χ0n) is 22.8. The van der Waals surface area contributed by atoms with Gasteiger partial charge in [-0.3, -0.25) is 4.98 Å². The number of hydrogen-bond acceptors (Lipinski definition) is 2. The first-order chi connectivity index (χ1) is 17.8. The lowest BCUT2D eigenvalue weighted by atomic mass is 9.86. The molecular weight excluding hydrogens is 567 g/mol. The van der Waals surface area contributed by atoms with E-state index in [2.05, 4.69) is 105 Å². The second kappa shape index (κ2) is 10.2. The molecule has 0 unspecified atom stereocenters. The molecule has 0 spiro atoms. The summed E-state index contributed by atoms with van der Waals surface area (Å²) in [6.45, 7) is 17.4. The van der Waals surface area contributed by atoms with Crippen LogP contribution in [0.4, 0.5) is 0 Å². The molecule has 4 nitrogen and oxygen atoms in total. The highest BCUT2D eigenvalue weighted by atomic mass is 127. The number of fused-ring (bicyclic) bond motifs is 8. The molecule has 2 N–H and O–H groups in total. The molecule has 0 fully saturated rings. The van der Waals surface area contributed by atoms with Gasteiger partial charge in [-0.1, -0.05) is 49.1 Å². The van der Waals surface area contributed by atoms with Gasteiger partial charge in [-0.15, -0.1) is 0 Å². The molecular formula is C32H37IN4. The number of nitrogens with zero attached hydrogens (tertiary/aromatic N) is 2. The van der Waals surface area contributed by atoms with Gasteiger partial charge in [-0.05, 0) is 103 Å². The van der Waals surface area contributed by atoms with Crippen molar-refractivity contribution in [1.29, 1.82) is 0 Å². The van der Waals surface area contributed by atoms with Crippen LogP contribution >= 0.6 is 22.6 Å². The van der Waals surface area contributed by atoms with Crippen LogP contribution < -0.4 is 0 Å². The van der Waals surface area contributed by atoms with Crippen LogP contribution in [0.3, 0.4) is 0 Å². The summed E-state index contributed by atoms with van der Waals surface area (Å²) in [6.07, 6.45) is 7.49. The molecule has 2 aliphatic heterocycles. The molecule has 5 rings (SSSR count). The maximum Gasteiger partial charge on any atom is 0.0687 e. The van der Waals surface area contributed by atoms with E-state index in [1.165, 1.54) is 39.9 Å². The lowest BCUT2D eigenvalue weighted by Gasteiger charge is -2.16. The topological polar surface area (TPSA) is 57.4 Å². The predicted molar refractivity (Wildman–Crippen MR) is 168 cm³/mol. The van der Waals surface area contributed by atoms with E-state index in [0.29, 0.717) is 11.8 Å². The van der Waals surface area contributed by atoms with Crippen molar-refractivity contribution in [3.63, 3.8) is 0 Å². The van der Waals surface area contributed by atoms with Crippen LogP contribution in [-0.2, 0) is 6.42 Å². The normalized spacial score (nSPS) is 17.2. The van der Waals surface area contributed by atoms with Gasteiger partial charge in [0.2, 0.25) is 0 Å². The Kier molecular flexibility index (Phi) is 7.18. The number of rotatable bonds is 5. The second-order valence-corrected chi connectivity index (χ2v) is 11.6. The number of H-pyrrole nitrogens is 2. The number of hydrogen-bond donors (Lipinski definition) is 2. The van der Waals surface area contributed by atoms with E-state index in [-0.39, 0.29) is 0 Å². The highest BCUT2D eigenvalue weighted by molar-refractivity contribution is 14.1. The van der Waals surface area contributed by atoms with E-state index in [1.54, 1.807) is 0 Å². The van der Waals surface area contributed by atoms with E-state index >= 15 is 0 Å². The molecule has 0 saturated carbocycles. The quantitative estimate of drug-likeness (QED) is 0.226. The first-order valence-electron chi connectivity index (χ1n) is 13.4. The number of nitrogens with one attached hydrogen (secondary N) is 2. The molecule has 0 radical (unpaired) electrons. The van der Waals surface area contributed by atoms with E-state index in [0.717, 1.165) is 62.0 Å². The molecule has 0 saturated heterocycles. The minimum Gasteiger partial charge on any atom is -0.355 e. The summed E-state index contributed by atoms with van der Waals surface area (Å²) in [6, 6.07) is 6.72. The lowest BCUT2D eigenvalue weighted by Crippen LogP contribution is -2.04. The van der Waals surface area contributed by atoms with Crippen LogP contribution in [0.25, 0.3) is 39.8 Å². The largest absolute Gasteiger partial charge is 0.355 e. The van der Waals surface area contributed by atoms with Crippen LogP contribution in [0, 0.1) is 20.8 Å². The third-order valence-electron chi connectivity index (χ3n) is 8.32. The third-order valence-corrected chi connectivity index (χ3v) is 9.09. The van der Waals surface area contributed by atoms with Crippen molar-refractivity contribution in [2.75, 3.05) is 4.43 Å². The van der Waals surface area contributed by atoms with Gasteiger partial charge >= 0.3 is 0 Å². The van der Waals surface area contributed by atoms with Crippen LogP contribution in [0.2, 0.25) is 0 Å². The minimum absolute atomic E-state index is 0.355. The number of aromatic amines is 2. The van der Waals surface area contributed by atoms with Crippen molar-refractivity contribution >= 4 is 62.4 Å². The van der Waals surface area contributed by atoms with E-state index in [1.807, 2.05) is 6.08 Å². The first kappa shape index (κ1) is 26.0. The molecule has 192 valence electrons. The van der Waals surface area contributed by atoms with E-state index in [4.69, 9.17) is 9.97 Å². The molecule has 3 aromatic rings. The SMILES string of the molecule is C=Cc1c(C)c2cc3nc(c(C)c4nc(cc5[nH]c(cc1[nH]2)c(C)c5CC)C(C)=C4)[C@@H](CCCI)[C@@H]3C. The highest BCUT2D eigenvalue weighted by Crippen LogP contribution is 2.42. The summed E-state index contributed by atoms with van der Waals surface area (Å²) < 4.78 is 1.16. The Hall–Kier alpha value is -2.67. The lowest BCUT2D eigenvalue weighted by molar-refractivity contribution is 0.551. The zero-order valence-corrected chi connectivity index (χ0v) is 25.0. The van der Waals surface area contributed by atoms with Gasteiger partial charge in [0.1, 0.15) is 0 Å². The van der Waals surface area contributed by atoms with Gasteiger partial charge in [-0.2, -0.15) is 0 Å². The van der Waals surface area contributed by atoms with E-state index < -0.39 is 0 Å². The fourth-order valence-corrected chi connectivity index (χ4v) is 6.42. The summed E-state index contributed by atoms with van der Waals surface area (Å²) in [4.78, 5) is 17.8. The number of alkyl halides is 1. The van der Waals surface area contributed by atoms with Crippen molar-refractivity contribution in [3.05, 3.63) is 75.4 Å². The number of aromatic nitrogens is 4. The zero-order chi connectivity index (χ0) is 26.4. The van der Waals surface area contributed by atoms with Gasteiger partial charge in [0.15, 0.2) is 0 Å². The fraction of sp³-hybridized carbons (Fsp3) is 0.375. The fourth-order valence-electron chi connectivity index (χ4n) is 5.98. The number of halogens is 1. The summed E-state index contributed by atoms with van der Waals surface area (Å²) in [5, 5.41) is 0. The average Bonchev–Trinajstić information content (AvgIpc) is 3.57. The Bertz CT molecular complexity index is 1580. The molecule has 8 bridgehead atoms. The second-order valence-electron chi connectivity index (χ2n) is 10.5. The van der Waals surface area contributed by atoms with Crippen molar-refractivity contribution < 1.29 is 0 Å². The summed E-state index contributed by atoms with van der Waals surface area (Å²) in [5.41, 5.74) is 16.2. The molecule has 2 aliphatic rings. The van der Waals surface area contributed by atoms with Crippen LogP contribution in [-0.4, -0.2) is 24.4 Å². The third kappa shape index (κ3) is 4.49. The Labute approximate surface area is 233 Å². The molecule has 3 aromatic heterocycles. The van der Waals surface area contributed by atoms with Crippen molar-refractivity contribution in [2.24, 2.45) is 0 Å². The van der Waals surface area contributed by atoms with Crippen LogP contribution in [0.1, 0.15) is 96.0 Å². The summed E-state index contributed by atoms with van der Waals surface area (Å²) >= 11 is 2.49. The smallest absolute Gasteiger partial charge is 0.0687 e. The highest BCUT2D eigenvalue weighted by Gasteiger charge is 2.30. The summed E-state index contributed by atoms with van der Waals surface area (Å²) in [5.74, 6) is 0.758. The molecule has 0 amide bonds. The number of allylic oxidation sites excluding steroid dienone is 1. The Morgan fingerprint density at radius 3 is 2.38 bits per heavy atom. The van der Waals surface area contributed by atoms with Crippen molar-refractivity contribution in [1.82, 2.24) is 19.9 Å². The number of aryl methyl sites for hydroxylation is 3. The molecule has 2 atom stereocenters. The van der Waals surface area contributed by atoms with Gasteiger partial charge in [0.05, 0.1) is 11.4 Å². The van der Waals surface area contributed by atoms with Gasteiger partial charge in [0.25, 0.3) is 0 Å². The molecule has 0 aromatic carbocycles. The van der Waals surface area contributed by atoms with E-state index in [9.17, 15) is 0 Å². The maximum atomic E-state index is 5.29. The van der Waals surface area contributed by atoms with Crippen LogP contribution in [0.15, 0.2) is 24.8 Å². The minimum atomic E-state index is 0.355.